The minimum absolute atomic E-state index is 0.609. The van der Waals surface area contributed by atoms with E-state index in [9.17, 15) is 0 Å². The van der Waals surface area contributed by atoms with E-state index >= 15 is 0 Å². The van der Waals surface area contributed by atoms with Crippen LogP contribution in [0.3, 0.4) is 0 Å². The molecule has 1 unspecified atom stereocenters. The predicted octanol–water partition coefficient (Wildman–Crippen LogP) is 11.1. The van der Waals surface area contributed by atoms with Gasteiger partial charge in [0.05, 0.1) is 22.0 Å². The van der Waals surface area contributed by atoms with Crippen LogP contribution < -0.4 is 15.5 Å². The lowest BCUT2D eigenvalue weighted by Crippen LogP contribution is -2.38. The summed E-state index contributed by atoms with van der Waals surface area (Å²) in [5.41, 5.74) is 12.1. The molecule has 11 rings (SSSR count). The number of nitrogens with zero attached hydrogens (tertiary/aromatic N) is 2. The first kappa shape index (κ1) is 29.2. The smallest absolute Gasteiger partial charge is 0.145 e. The highest BCUT2D eigenvalue weighted by atomic mass is 16.3. The zero-order chi connectivity index (χ0) is 34.2. The van der Waals surface area contributed by atoms with Crippen molar-refractivity contribution in [2.75, 3.05) is 4.90 Å². The molecule has 9 aromatic rings. The van der Waals surface area contributed by atoms with Crippen molar-refractivity contribution in [1.29, 1.82) is 0 Å². The van der Waals surface area contributed by atoms with Crippen molar-refractivity contribution in [2.45, 2.75) is 18.3 Å². The molecule has 52 heavy (non-hydrogen) atoms. The summed E-state index contributed by atoms with van der Waals surface area (Å²) in [6, 6.07) is 61.7. The van der Waals surface area contributed by atoms with E-state index in [-0.39, 0.29) is 0 Å². The van der Waals surface area contributed by atoms with Crippen molar-refractivity contribution in [3.05, 3.63) is 203 Å². The molecular weight excluding hydrogens is 633 g/mol. The van der Waals surface area contributed by atoms with E-state index in [4.69, 9.17) is 4.42 Å². The van der Waals surface area contributed by atoms with E-state index in [2.05, 4.69) is 191 Å². The number of rotatable bonds is 5. The van der Waals surface area contributed by atoms with Crippen molar-refractivity contribution in [3.8, 4) is 5.69 Å². The summed E-state index contributed by atoms with van der Waals surface area (Å²) in [5, 5.41) is 6.06. The Labute approximate surface area is 301 Å². The molecule has 246 valence electrons. The minimum Gasteiger partial charge on any atom is -0.455 e. The third-order valence-electron chi connectivity index (χ3n) is 11.3. The lowest BCUT2D eigenvalue weighted by Gasteiger charge is -2.42. The fourth-order valence-corrected chi connectivity index (χ4v) is 9.16. The first-order valence-electron chi connectivity index (χ1n) is 18.2. The summed E-state index contributed by atoms with van der Waals surface area (Å²) in [4.78, 5) is 2.33. The zero-order valence-electron chi connectivity index (χ0n) is 28.5. The van der Waals surface area contributed by atoms with Crippen LogP contribution >= 0.6 is 0 Å². The molecule has 2 aromatic heterocycles. The van der Waals surface area contributed by atoms with E-state index < -0.39 is 5.41 Å². The Morgan fingerprint density at radius 1 is 0.519 bits per heavy atom. The lowest BCUT2D eigenvalue weighted by molar-refractivity contribution is 0.671. The molecule has 1 atom stereocenters. The van der Waals surface area contributed by atoms with E-state index in [1.165, 1.54) is 49.4 Å². The molecule has 0 amide bonds. The molecule has 0 N–H and O–H groups in total. The lowest BCUT2D eigenvalue weighted by atomic mass is 9.63. The van der Waals surface area contributed by atoms with E-state index in [1.807, 2.05) is 0 Å². The number of para-hydroxylation sites is 4. The van der Waals surface area contributed by atoms with Gasteiger partial charge in [-0.05, 0) is 89.7 Å². The molecule has 0 spiro atoms. The Kier molecular flexibility index (Phi) is 6.29. The molecule has 0 fully saturated rings. The zero-order valence-corrected chi connectivity index (χ0v) is 28.5. The molecule has 0 saturated carbocycles. The van der Waals surface area contributed by atoms with Crippen molar-refractivity contribution in [3.63, 3.8) is 0 Å². The van der Waals surface area contributed by atoms with Crippen LogP contribution in [0.25, 0.3) is 50.7 Å². The summed E-state index contributed by atoms with van der Waals surface area (Å²) in [5.74, 6) is 0. The molecule has 1 aliphatic carbocycles. The third-order valence-corrected chi connectivity index (χ3v) is 11.3. The Morgan fingerprint density at radius 2 is 1.12 bits per heavy atom. The second-order valence-corrected chi connectivity index (χ2v) is 13.9. The maximum Gasteiger partial charge on any atom is 0.145 e. The van der Waals surface area contributed by atoms with Gasteiger partial charge in [-0.2, -0.15) is 0 Å². The van der Waals surface area contributed by atoms with Crippen molar-refractivity contribution in [2.24, 2.45) is 0 Å². The minimum atomic E-state index is -0.609. The van der Waals surface area contributed by atoms with Crippen LogP contribution in [0.2, 0.25) is 0 Å². The average molecular weight is 667 g/mol. The monoisotopic (exact) mass is 666 g/mol. The Morgan fingerprint density at radius 3 is 1.87 bits per heavy atom. The highest BCUT2D eigenvalue weighted by Crippen LogP contribution is 2.54. The summed E-state index contributed by atoms with van der Waals surface area (Å²) >= 11 is 0. The highest BCUT2D eigenvalue weighted by Gasteiger charge is 2.46. The molecule has 0 bridgehead atoms. The third kappa shape index (κ3) is 3.96. The number of hydrogen-bond acceptors (Lipinski definition) is 2. The number of hydrogen-bond donors (Lipinski definition) is 0. The maximum absolute atomic E-state index is 6.81. The van der Waals surface area contributed by atoms with Crippen molar-refractivity contribution >= 4 is 62.1 Å². The van der Waals surface area contributed by atoms with Crippen LogP contribution in [0.1, 0.15) is 35.1 Å². The average Bonchev–Trinajstić information content (AvgIpc) is 3.77. The summed E-state index contributed by atoms with van der Waals surface area (Å²) in [6.07, 6.45) is 6.90. The van der Waals surface area contributed by atoms with Gasteiger partial charge in [0.15, 0.2) is 0 Å². The van der Waals surface area contributed by atoms with Crippen LogP contribution in [0, 0.1) is 0 Å². The molecule has 1 aliphatic heterocycles. The van der Waals surface area contributed by atoms with E-state index in [0.717, 1.165) is 51.8 Å². The number of fused-ring (bicyclic) bond motifs is 9. The molecule has 3 nitrogen and oxygen atoms in total. The quantitative estimate of drug-likeness (QED) is 0.182. The maximum atomic E-state index is 6.81. The molecule has 0 radical (unpaired) electrons. The second-order valence-electron chi connectivity index (χ2n) is 13.9. The normalized spacial score (nSPS) is 15.9. The first-order chi connectivity index (χ1) is 25.8. The predicted molar refractivity (Wildman–Crippen MR) is 215 cm³/mol. The van der Waals surface area contributed by atoms with Crippen LogP contribution in [-0.4, -0.2) is 4.57 Å². The van der Waals surface area contributed by atoms with Gasteiger partial charge in [0.2, 0.25) is 0 Å². The highest BCUT2D eigenvalue weighted by molar-refractivity contribution is 6.17. The van der Waals surface area contributed by atoms with Crippen LogP contribution in [0.15, 0.2) is 174 Å². The fourth-order valence-electron chi connectivity index (χ4n) is 9.16. The summed E-state index contributed by atoms with van der Waals surface area (Å²) in [6.45, 7) is 0. The number of furan rings is 1. The van der Waals surface area contributed by atoms with Gasteiger partial charge in [-0.25, -0.2) is 0 Å². The van der Waals surface area contributed by atoms with Gasteiger partial charge in [0.25, 0.3) is 0 Å². The topological polar surface area (TPSA) is 21.3 Å². The molecule has 3 heteroatoms. The van der Waals surface area contributed by atoms with Crippen LogP contribution in [-0.2, 0) is 5.41 Å². The van der Waals surface area contributed by atoms with Gasteiger partial charge < -0.3 is 13.9 Å². The van der Waals surface area contributed by atoms with Gasteiger partial charge in [-0.1, -0.05) is 127 Å². The van der Waals surface area contributed by atoms with E-state index in [1.54, 1.807) is 0 Å². The van der Waals surface area contributed by atoms with E-state index in [0.29, 0.717) is 0 Å². The van der Waals surface area contributed by atoms with Gasteiger partial charge in [-0.15, -0.1) is 0 Å². The van der Waals surface area contributed by atoms with Gasteiger partial charge in [-0.3, -0.25) is 0 Å². The molecule has 7 aromatic carbocycles. The number of anilines is 3. The largest absolute Gasteiger partial charge is 0.455 e. The number of aromatic nitrogens is 1. The van der Waals surface area contributed by atoms with Crippen LogP contribution in [0.4, 0.5) is 17.1 Å². The van der Waals surface area contributed by atoms with Gasteiger partial charge in [0.1, 0.15) is 11.2 Å². The van der Waals surface area contributed by atoms with Gasteiger partial charge in [0, 0.05) is 38.4 Å². The second kappa shape index (κ2) is 11.2. The Bertz CT molecular complexity index is 2900. The summed E-state index contributed by atoms with van der Waals surface area (Å²) in [7, 11) is 0. The Balaban J connectivity index is 1.28. The first-order valence-corrected chi connectivity index (χ1v) is 18.2. The summed E-state index contributed by atoms with van der Waals surface area (Å²) < 4.78 is 9.34. The standard InChI is InChI=1S/C49H34N2O/c1-4-16-33(17-5-1)49(34-28-30-37(31-29-34)50(35-18-6-2-7-19-35)36-20-8-3-9-21-36)41-24-12-14-26-44(41)51-43-25-13-10-23-39(43)46-47(51)42(49)32-40-38-22-11-15-27-45(38)52-48(40)46/h1-9,11-12,14-32H,10,13H2. The Hall–Kier alpha value is -6.58. The molecule has 3 heterocycles. The van der Waals surface area contributed by atoms with Gasteiger partial charge >= 0.3 is 0 Å². The van der Waals surface area contributed by atoms with Crippen LogP contribution in [0.5, 0.6) is 0 Å². The molecule has 2 aliphatic rings. The number of benzene rings is 7. The SMILES string of the molecule is C1=c2c(n3c4c(cc5c6ccccc6oc5c24)C(c2ccccc2)(c2ccc(N(c4ccccc4)c4ccccc4)cc2)c2ccccc2-3)=CCC1. The van der Waals surface area contributed by atoms with Crippen molar-refractivity contribution < 1.29 is 4.42 Å². The molecular formula is C49H34N2O. The van der Waals surface area contributed by atoms with Crippen molar-refractivity contribution in [1.82, 2.24) is 4.57 Å². The molecule has 0 saturated heterocycles. The fraction of sp³-hybridized carbons (Fsp3) is 0.0612.